The van der Waals surface area contributed by atoms with Gasteiger partial charge in [0, 0.05) is 18.3 Å². The number of rotatable bonds is 7. The Morgan fingerprint density at radius 3 is 2.79 bits per heavy atom. The number of ether oxygens (including phenoxy) is 3. The van der Waals surface area contributed by atoms with Crippen LogP contribution in [-0.2, 0) is 9.59 Å². The molecule has 0 radical (unpaired) electrons. The normalized spacial score (nSPS) is 12.6. The number of anilines is 2. The fraction of sp³-hybridized carbons (Fsp3) is 0.238. The summed E-state index contributed by atoms with van der Waals surface area (Å²) in [5, 5.41) is 2.77. The molecule has 28 heavy (non-hydrogen) atoms. The van der Waals surface area contributed by atoms with Crippen molar-refractivity contribution in [3.05, 3.63) is 54.6 Å². The van der Waals surface area contributed by atoms with Crippen molar-refractivity contribution in [3.8, 4) is 17.2 Å². The second-order valence-electron chi connectivity index (χ2n) is 6.42. The van der Waals surface area contributed by atoms with Crippen LogP contribution in [0, 0.1) is 0 Å². The minimum absolute atomic E-state index is 0.0135. The van der Waals surface area contributed by atoms with E-state index in [2.05, 4.69) is 11.9 Å². The molecule has 0 unspecified atom stereocenters. The van der Waals surface area contributed by atoms with E-state index in [0.29, 0.717) is 35.2 Å². The quantitative estimate of drug-likeness (QED) is 0.745. The van der Waals surface area contributed by atoms with Crippen molar-refractivity contribution < 1.29 is 23.8 Å². The summed E-state index contributed by atoms with van der Waals surface area (Å²) in [7, 11) is 1.56. The van der Waals surface area contributed by atoms with E-state index in [4.69, 9.17) is 14.2 Å². The molecule has 1 aliphatic rings. The van der Waals surface area contributed by atoms with Crippen molar-refractivity contribution >= 4 is 23.2 Å². The average molecular weight is 382 g/mol. The molecule has 0 atom stereocenters. The van der Waals surface area contributed by atoms with Crippen LogP contribution in [0.3, 0.4) is 0 Å². The summed E-state index contributed by atoms with van der Waals surface area (Å²) in [6.45, 7) is 5.94. The number of methoxy groups -OCH3 is 1. The average Bonchev–Trinajstić information content (AvgIpc) is 2.68. The molecular formula is C21H22N2O5. The summed E-state index contributed by atoms with van der Waals surface area (Å²) in [5.74, 6) is 1.30. The summed E-state index contributed by atoms with van der Waals surface area (Å²) in [5.41, 5.74) is 2.00. The maximum absolute atomic E-state index is 12.2. The van der Waals surface area contributed by atoms with Crippen LogP contribution in [0.4, 0.5) is 11.4 Å². The van der Waals surface area contributed by atoms with E-state index in [0.717, 1.165) is 5.57 Å². The number of nitrogens with zero attached hydrogens (tertiary/aromatic N) is 1. The van der Waals surface area contributed by atoms with Gasteiger partial charge in [-0.3, -0.25) is 9.59 Å². The maximum Gasteiger partial charge on any atom is 0.265 e. The molecule has 2 amide bonds. The Bertz CT molecular complexity index is 909. The number of amides is 2. The number of fused-ring (bicyclic) bond motifs is 1. The molecule has 0 aromatic heterocycles. The fourth-order valence-electron chi connectivity index (χ4n) is 2.76. The Balaban J connectivity index is 1.67. The summed E-state index contributed by atoms with van der Waals surface area (Å²) in [6, 6.07) is 12.2. The summed E-state index contributed by atoms with van der Waals surface area (Å²) in [6.07, 6.45) is 0. The highest BCUT2D eigenvalue weighted by Crippen LogP contribution is 2.35. The van der Waals surface area contributed by atoms with Gasteiger partial charge in [0.05, 0.1) is 12.8 Å². The second kappa shape index (κ2) is 8.47. The van der Waals surface area contributed by atoms with Gasteiger partial charge in [-0.1, -0.05) is 18.2 Å². The first-order valence-electron chi connectivity index (χ1n) is 8.74. The second-order valence-corrected chi connectivity index (χ2v) is 6.42. The molecule has 1 N–H and O–H groups in total. The van der Waals surface area contributed by atoms with Gasteiger partial charge in [-0.05, 0) is 37.3 Å². The number of hydrogen-bond acceptors (Lipinski definition) is 5. The molecule has 7 heteroatoms. The smallest absolute Gasteiger partial charge is 0.265 e. The molecule has 0 saturated carbocycles. The van der Waals surface area contributed by atoms with E-state index in [1.54, 1.807) is 54.5 Å². The first-order chi connectivity index (χ1) is 13.5. The van der Waals surface area contributed by atoms with Crippen LogP contribution in [-0.4, -0.2) is 38.7 Å². The lowest BCUT2D eigenvalue weighted by Crippen LogP contribution is -2.39. The third-order valence-electron chi connectivity index (χ3n) is 4.02. The summed E-state index contributed by atoms with van der Waals surface area (Å²) >= 11 is 0. The Kier molecular flexibility index (Phi) is 5.84. The SMILES string of the molecule is C=C(C)CN1C(=O)COc2ccc(NC(=O)COc3cccc(OC)c3)cc21. The molecule has 0 bridgehead atoms. The van der Waals surface area contributed by atoms with Crippen LogP contribution in [0.25, 0.3) is 0 Å². The third kappa shape index (κ3) is 4.62. The number of nitrogens with one attached hydrogen (secondary N) is 1. The van der Waals surface area contributed by atoms with Crippen molar-refractivity contribution in [3.63, 3.8) is 0 Å². The van der Waals surface area contributed by atoms with Gasteiger partial charge in [-0.2, -0.15) is 0 Å². The minimum atomic E-state index is -0.322. The van der Waals surface area contributed by atoms with Gasteiger partial charge in [0.1, 0.15) is 17.2 Å². The van der Waals surface area contributed by atoms with Crippen LogP contribution in [0.15, 0.2) is 54.6 Å². The Morgan fingerprint density at radius 2 is 2.04 bits per heavy atom. The van der Waals surface area contributed by atoms with Gasteiger partial charge in [0.2, 0.25) is 0 Å². The largest absolute Gasteiger partial charge is 0.497 e. The van der Waals surface area contributed by atoms with Crippen molar-refractivity contribution in [2.24, 2.45) is 0 Å². The zero-order chi connectivity index (χ0) is 20.1. The van der Waals surface area contributed by atoms with E-state index in [1.165, 1.54) is 0 Å². The first kappa shape index (κ1) is 19.3. The van der Waals surface area contributed by atoms with Crippen molar-refractivity contribution in [2.45, 2.75) is 6.92 Å². The molecule has 2 aromatic carbocycles. The molecule has 7 nitrogen and oxygen atoms in total. The van der Waals surface area contributed by atoms with Crippen LogP contribution >= 0.6 is 0 Å². The standard InChI is InChI=1S/C21H22N2O5/c1-14(2)11-23-18-9-15(7-8-19(18)28-13-21(23)25)22-20(24)12-27-17-6-4-5-16(10-17)26-3/h4-10H,1,11-13H2,2-3H3,(H,22,24). The summed E-state index contributed by atoms with van der Waals surface area (Å²) < 4.78 is 16.1. The monoisotopic (exact) mass is 382 g/mol. The molecule has 1 heterocycles. The zero-order valence-corrected chi connectivity index (χ0v) is 15.9. The van der Waals surface area contributed by atoms with Crippen LogP contribution < -0.4 is 24.4 Å². The molecule has 3 rings (SSSR count). The Morgan fingerprint density at radius 1 is 1.25 bits per heavy atom. The molecule has 1 aliphatic heterocycles. The number of benzene rings is 2. The van der Waals surface area contributed by atoms with Gasteiger partial charge < -0.3 is 24.4 Å². The molecule has 0 saturated heterocycles. The Labute approximate surface area is 163 Å². The van der Waals surface area contributed by atoms with Gasteiger partial charge in [0.25, 0.3) is 11.8 Å². The van der Waals surface area contributed by atoms with Gasteiger partial charge >= 0.3 is 0 Å². The van der Waals surface area contributed by atoms with E-state index >= 15 is 0 Å². The predicted molar refractivity (Wildman–Crippen MR) is 106 cm³/mol. The van der Waals surface area contributed by atoms with Gasteiger partial charge in [-0.15, -0.1) is 0 Å². The Hall–Kier alpha value is -3.48. The molecule has 0 aliphatic carbocycles. The third-order valence-corrected chi connectivity index (χ3v) is 4.02. The number of carbonyl (C=O) groups is 2. The van der Waals surface area contributed by atoms with Gasteiger partial charge in [0.15, 0.2) is 13.2 Å². The zero-order valence-electron chi connectivity index (χ0n) is 15.9. The lowest BCUT2D eigenvalue weighted by atomic mass is 10.2. The number of hydrogen-bond donors (Lipinski definition) is 1. The molecule has 0 fully saturated rings. The number of carbonyl (C=O) groups excluding carboxylic acids is 2. The first-order valence-corrected chi connectivity index (χ1v) is 8.74. The fourth-order valence-corrected chi connectivity index (χ4v) is 2.76. The lowest BCUT2D eigenvalue weighted by molar-refractivity contribution is -0.121. The summed E-state index contributed by atoms with van der Waals surface area (Å²) in [4.78, 5) is 26.0. The topological polar surface area (TPSA) is 77.1 Å². The molecule has 146 valence electrons. The predicted octanol–water partition coefficient (Wildman–Crippen LogP) is 3.01. The minimum Gasteiger partial charge on any atom is -0.497 e. The van der Waals surface area contributed by atoms with Crippen molar-refractivity contribution in [1.29, 1.82) is 0 Å². The van der Waals surface area contributed by atoms with E-state index in [-0.39, 0.29) is 25.0 Å². The van der Waals surface area contributed by atoms with Crippen LogP contribution in [0.2, 0.25) is 0 Å². The van der Waals surface area contributed by atoms with Crippen molar-refractivity contribution in [1.82, 2.24) is 0 Å². The maximum atomic E-state index is 12.2. The highest BCUT2D eigenvalue weighted by molar-refractivity contribution is 6.00. The van der Waals surface area contributed by atoms with E-state index < -0.39 is 0 Å². The molecule has 0 spiro atoms. The van der Waals surface area contributed by atoms with Gasteiger partial charge in [-0.25, -0.2) is 0 Å². The highest BCUT2D eigenvalue weighted by Gasteiger charge is 2.25. The molecule has 2 aromatic rings. The highest BCUT2D eigenvalue weighted by atomic mass is 16.5. The lowest BCUT2D eigenvalue weighted by Gasteiger charge is -2.30. The van der Waals surface area contributed by atoms with E-state index in [9.17, 15) is 9.59 Å². The molecular weight excluding hydrogens is 360 g/mol. The van der Waals surface area contributed by atoms with Crippen LogP contribution in [0.1, 0.15) is 6.92 Å². The van der Waals surface area contributed by atoms with Crippen molar-refractivity contribution in [2.75, 3.05) is 37.1 Å². The van der Waals surface area contributed by atoms with Crippen LogP contribution in [0.5, 0.6) is 17.2 Å². The van der Waals surface area contributed by atoms with E-state index in [1.807, 2.05) is 6.92 Å².